The van der Waals surface area contributed by atoms with Crippen molar-refractivity contribution in [1.82, 2.24) is 30.3 Å². The molecule has 90 valence electrons. The van der Waals surface area contributed by atoms with E-state index in [1.54, 1.807) is 17.8 Å². The van der Waals surface area contributed by atoms with E-state index >= 15 is 0 Å². The molecular formula is C10H14N6O. The fourth-order valence-corrected chi connectivity index (χ4v) is 1.47. The van der Waals surface area contributed by atoms with Gasteiger partial charge in [-0.15, -0.1) is 5.10 Å². The molecule has 2 heterocycles. The molecule has 2 N–H and O–H groups in total. The Balaban J connectivity index is 1.90. The van der Waals surface area contributed by atoms with Crippen LogP contribution >= 0.6 is 0 Å². The molecule has 0 saturated carbocycles. The summed E-state index contributed by atoms with van der Waals surface area (Å²) in [7, 11) is 0. The van der Waals surface area contributed by atoms with E-state index in [2.05, 4.69) is 25.6 Å². The monoisotopic (exact) mass is 234 g/mol. The van der Waals surface area contributed by atoms with Gasteiger partial charge in [0.05, 0.1) is 6.54 Å². The van der Waals surface area contributed by atoms with Crippen LogP contribution in [0, 0.1) is 6.92 Å². The number of amides is 1. The number of carbonyl (C=O) groups is 1. The number of aromatic amines is 1. The second kappa shape index (κ2) is 4.77. The molecule has 0 radical (unpaired) electrons. The highest BCUT2D eigenvalue weighted by atomic mass is 16.2. The van der Waals surface area contributed by atoms with Crippen LogP contribution in [0.15, 0.2) is 18.5 Å². The molecule has 1 unspecified atom stereocenters. The molecule has 1 atom stereocenters. The number of hydrogen-bond donors (Lipinski definition) is 2. The van der Waals surface area contributed by atoms with Crippen molar-refractivity contribution >= 4 is 5.91 Å². The quantitative estimate of drug-likeness (QED) is 0.786. The summed E-state index contributed by atoms with van der Waals surface area (Å²) in [6, 6.07) is 1.80. The fraction of sp³-hybridized carbons (Fsp3) is 0.400. The maximum atomic E-state index is 11.7. The van der Waals surface area contributed by atoms with Crippen LogP contribution in [0.5, 0.6) is 0 Å². The Kier molecular flexibility index (Phi) is 3.17. The van der Waals surface area contributed by atoms with Crippen molar-refractivity contribution in [2.75, 3.05) is 0 Å². The van der Waals surface area contributed by atoms with Crippen LogP contribution in [0.3, 0.4) is 0 Å². The lowest BCUT2D eigenvalue weighted by molar-refractivity contribution is 0.0926. The first-order valence-corrected chi connectivity index (χ1v) is 5.32. The maximum absolute atomic E-state index is 11.7. The lowest BCUT2D eigenvalue weighted by atomic mass is 10.3. The zero-order valence-corrected chi connectivity index (χ0v) is 9.71. The predicted molar refractivity (Wildman–Crippen MR) is 60.3 cm³/mol. The predicted octanol–water partition coefficient (Wildman–Crippen LogP) is 0.128. The molecule has 0 aliphatic rings. The Morgan fingerprint density at radius 3 is 3.06 bits per heavy atom. The van der Waals surface area contributed by atoms with Gasteiger partial charge in [-0.25, -0.2) is 4.98 Å². The van der Waals surface area contributed by atoms with Gasteiger partial charge >= 0.3 is 0 Å². The molecule has 0 aromatic carbocycles. The number of hydrogen-bond acceptors (Lipinski definition) is 4. The Hall–Kier alpha value is -2.18. The van der Waals surface area contributed by atoms with Crippen LogP contribution in [0.25, 0.3) is 0 Å². The second-order valence-electron chi connectivity index (χ2n) is 3.85. The Labute approximate surface area is 98.2 Å². The van der Waals surface area contributed by atoms with E-state index in [4.69, 9.17) is 0 Å². The topological polar surface area (TPSA) is 88.5 Å². The average Bonchev–Trinajstić information content (AvgIpc) is 2.89. The number of aromatic nitrogens is 5. The third-order valence-corrected chi connectivity index (χ3v) is 2.20. The van der Waals surface area contributed by atoms with Gasteiger partial charge in [-0.05, 0) is 19.9 Å². The number of carbonyl (C=O) groups excluding carboxylic acids is 1. The van der Waals surface area contributed by atoms with E-state index in [9.17, 15) is 4.79 Å². The molecule has 0 spiro atoms. The highest BCUT2D eigenvalue weighted by Crippen LogP contribution is 1.94. The van der Waals surface area contributed by atoms with Gasteiger partial charge in [-0.2, -0.15) is 5.10 Å². The molecule has 17 heavy (non-hydrogen) atoms. The Bertz CT molecular complexity index is 489. The van der Waals surface area contributed by atoms with Gasteiger partial charge in [-0.3, -0.25) is 14.6 Å². The molecule has 2 rings (SSSR count). The maximum Gasteiger partial charge on any atom is 0.291 e. The highest BCUT2D eigenvalue weighted by molar-refractivity contribution is 5.90. The number of aryl methyl sites for hydroxylation is 1. The van der Waals surface area contributed by atoms with Crippen LogP contribution in [0.4, 0.5) is 0 Å². The molecule has 0 fully saturated rings. The molecule has 0 aliphatic carbocycles. The number of H-pyrrole nitrogens is 1. The summed E-state index contributed by atoms with van der Waals surface area (Å²) in [5.41, 5.74) is 0. The summed E-state index contributed by atoms with van der Waals surface area (Å²) in [4.78, 5) is 15.7. The minimum atomic E-state index is -0.283. The van der Waals surface area contributed by atoms with Crippen LogP contribution in [-0.2, 0) is 6.54 Å². The van der Waals surface area contributed by atoms with Gasteiger partial charge in [0.25, 0.3) is 5.91 Å². The van der Waals surface area contributed by atoms with Gasteiger partial charge in [0.2, 0.25) is 5.82 Å². The van der Waals surface area contributed by atoms with Gasteiger partial charge in [0.15, 0.2) is 0 Å². The second-order valence-corrected chi connectivity index (χ2v) is 3.85. The standard InChI is InChI=1S/C10H14N6O/c1-7(6-16-5-3-4-11-16)12-10(17)9-13-8(2)14-15-9/h3-5,7H,6H2,1-2H3,(H,12,17)(H,13,14,15). The van der Waals surface area contributed by atoms with E-state index in [1.807, 2.05) is 19.2 Å². The van der Waals surface area contributed by atoms with Gasteiger partial charge < -0.3 is 5.32 Å². The first-order chi connectivity index (χ1) is 8.15. The highest BCUT2D eigenvalue weighted by Gasteiger charge is 2.14. The third-order valence-electron chi connectivity index (χ3n) is 2.20. The number of nitrogens with one attached hydrogen (secondary N) is 2. The number of nitrogens with zero attached hydrogens (tertiary/aromatic N) is 4. The summed E-state index contributed by atoms with van der Waals surface area (Å²) in [5.74, 6) is 0.499. The normalized spacial score (nSPS) is 12.4. The van der Waals surface area contributed by atoms with E-state index in [0.717, 1.165) is 0 Å². The van der Waals surface area contributed by atoms with Crippen LogP contribution in [-0.4, -0.2) is 36.9 Å². The molecule has 0 aliphatic heterocycles. The Morgan fingerprint density at radius 1 is 1.65 bits per heavy atom. The minimum Gasteiger partial charge on any atom is -0.345 e. The summed E-state index contributed by atoms with van der Waals surface area (Å²) < 4.78 is 1.76. The molecular weight excluding hydrogens is 220 g/mol. The van der Waals surface area contributed by atoms with Gasteiger partial charge in [-0.1, -0.05) is 0 Å². The minimum absolute atomic E-state index is 0.0405. The van der Waals surface area contributed by atoms with E-state index in [1.165, 1.54) is 0 Å². The summed E-state index contributed by atoms with van der Waals surface area (Å²) >= 11 is 0. The van der Waals surface area contributed by atoms with Crippen molar-refractivity contribution < 1.29 is 4.79 Å². The first kappa shape index (κ1) is 11.3. The van der Waals surface area contributed by atoms with Crippen molar-refractivity contribution in [2.24, 2.45) is 0 Å². The molecule has 0 saturated heterocycles. The van der Waals surface area contributed by atoms with E-state index < -0.39 is 0 Å². The first-order valence-electron chi connectivity index (χ1n) is 5.32. The lowest BCUT2D eigenvalue weighted by Gasteiger charge is -2.12. The molecule has 0 bridgehead atoms. The van der Waals surface area contributed by atoms with Crippen molar-refractivity contribution in [1.29, 1.82) is 0 Å². The summed E-state index contributed by atoms with van der Waals surface area (Å²) in [5, 5.41) is 13.3. The van der Waals surface area contributed by atoms with Crippen molar-refractivity contribution in [3.63, 3.8) is 0 Å². The Morgan fingerprint density at radius 2 is 2.47 bits per heavy atom. The van der Waals surface area contributed by atoms with Crippen molar-refractivity contribution in [3.8, 4) is 0 Å². The summed E-state index contributed by atoms with van der Waals surface area (Å²) in [6.45, 7) is 4.26. The molecule has 1 amide bonds. The van der Waals surface area contributed by atoms with Crippen molar-refractivity contribution in [2.45, 2.75) is 26.4 Å². The fourth-order valence-electron chi connectivity index (χ4n) is 1.47. The van der Waals surface area contributed by atoms with Crippen LogP contribution in [0.2, 0.25) is 0 Å². The average molecular weight is 234 g/mol. The van der Waals surface area contributed by atoms with Crippen molar-refractivity contribution in [3.05, 3.63) is 30.1 Å². The van der Waals surface area contributed by atoms with Gasteiger partial charge in [0.1, 0.15) is 5.82 Å². The third kappa shape index (κ3) is 2.90. The zero-order valence-electron chi connectivity index (χ0n) is 9.71. The van der Waals surface area contributed by atoms with E-state index in [0.29, 0.717) is 12.4 Å². The van der Waals surface area contributed by atoms with Crippen LogP contribution < -0.4 is 5.32 Å². The smallest absolute Gasteiger partial charge is 0.291 e. The molecule has 2 aromatic rings. The molecule has 2 aromatic heterocycles. The zero-order chi connectivity index (χ0) is 12.3. The van der Waals surface area contributed by atoms with E-state index in [-0.39, 0.29) is 17.8 Å². The lowest BCUT2D eigenvalue weighted by Crippen LogP contribution is -2.36. The molecule has 7 nitrogen and oxygen atoms in total. The molecule has 7 heteroatoms. The summed E-state index contributed by atoms with van der Waals surface area (Å²) in [6.07, 6.45) is 3.55. The largest absolute Gasteiger partial charge is 0.345 e. The number of rotatable bonds is 4. The van der Waals surface area contributed by atoms with Crippen LogP contribution in [0.1, 0.15) is 23.4 Å². The van der Waals surface area contributed by atoms with Gasteiger partial charge in [0, 0.05) is 18.4 Å². The SMILES string of the molecule is Cc1nc(C(=O)NC(C)Cn2cccn2)n[nH]1.